The van der Waals surface area contributed by atoms with E-state index >= 15 is 0 Å². The fourth-order valence-corrected chi connectivity index (χ4v) is 8.68. The van der Waals surface area contributed by atoms with Crippen molar-refractivity contribution in [3.05, 3.63) is 126 Å². The van der Waals surface area contributed by atoms with Gasteiger partial charge >= 0.3 is 0 Å². The van der Waals surface area contributed by atoms with Crippen LogP contribution in [0.4, 0.5) is 17.1 Å². The van der Waals surface area contributed by atoms with Gasteiger partial charge in [-0.05, 0) is 51.2 Å². The van der Waals surface area contributed by atoms with Crippen LogP contribution in [0, 0.1) is 0 Å². The highest BCUT2D eigenvalue weighted by molar-refractivity contribution is 7.25. The molecule has 1 nitrogen and oxygen atoms in total. The van der Waals surface area contributed by atoms with Crippen molar-refractivity contribution in [2.24, 2.45) is 0 Å². The first kappa shape index (κ1) is 22.6. The molecule has 0 fully saturated rings. The smallest absolute Gasteiger partial charge is 0.151 e. The summed E-state index contributed by atoms with van der Waals surface area (Å²) in [6, 6.07) is 43.6. The molecule has 0 N–H and O–H groups in total. The Bertz CT molecular complexity index is 2220. The van der Waals surface area contributed by atoms with Crippen LogP contribution >= 0.6 is 11.3 Å². The van der Waals surface area contributed by atoms with Crippen molar-refractivity contribution < 1.29 is 0 Å². The second kappa shape index (κ2) is 7.48. The minimum atomic E-state index is 0.00180. The maximum atomic E-state index is 2.49. The summed E-state index contributed by atoms with van der Waals surface area (Å²) in [4.78, 5) is 0. The van der Waals surface area contributed by atoms with Gasteiger partial charge < -0.3 is 0 Å². The minimum absolute atomic E-state index is 0.00180. The zero-order chi connectivity index (χ0) is 26.8. The molecule has 6 aromatic carbocycles. The predicted octanol–water partition coefficient (Wildman–Crippen LogP) is 11.1. The van der Waals surface area contributed by atoms with E-state index in [0.717, 1.165) is 0 Å². The minimum Gasteiger partial charge on any atom is -0.228 e. The van der Waals surface area contributed by atoms with Gasteiger partial charge in [-0.25, -0.2) is 4.48 Å². The summed E-state index contributed by atoms with van der Waals surface area (Å²) < 4.78 is 3.37. The van der Waals surface area contributed by atoms with Gasteiger partial charge in [-0.15, -0.1) is 11.3 Å². The molecule has 2 heteroatoms. The van der Waals surface area contributed by atoms with Gasteiger partial charge in [0.05, 0.1) is 18.2 Å². The Morgan fingerprint density at radius 2 is 1.20 bits per heavy atom. The van der Waals surface area contributed by atoms with Crippen LogP contribution < -0.4 is 4.48 Å². The highest BCUT2D eigenvalue weighted by atomic mass is 32.1. The third-order valence-electron chi connectivity index (χ3n) is 9.70. The van der Waals surface area contributed by atoms with E-state index < -0.39 is 0 Å². The first-order valence-electron chi connectivity index (χ1n) is 14.1. The molecule has 1 aliphatic carbocycles. The second-order valence-corrected chi connectivity index (χ2v) is 13.2. The van der Waals surface area contributed by atoms with Gasteiger partial charge in [0.15, 0.2) is 11.4 Å². The fourth-order valence-electron chi connectivity index (χ4n) is 7.55. The highest BCUT2D eigenvalue weighted by Gasteiger charge is 2.45. The third-order valence-corrected chi connectivity index (χ3v) is 10.8. The van der Waals surface area contributed by atoms with Gasteiger partial charge in [0.2, 0.25) is 0 Å². The van der Waals surface area contributed by atoms with Gasteiger partial charge in [0.1, 0.15) is 5.69 Å². The Morgan fingerprint density at radius 1 is 0.525 bits per heavy atom. The normalized spacial score (nSPS) is 18.2. The van der Waals surface area contributed by atoms with Crippen molar-refractivity contribution in [1.82, 2.24) is 4.48 Å². The summed E-state index contributed by atoms with van der Waals surface area (Å²) in [7, 11) is 2.40. The summed E-state index contributed by atoms with van der Waals surface area (Å²) in [6.07, 6.45) is 0. The molecule has 0 spiro atoms. The van der Waals surface area contributed by atoms with Crippen LogP contribution in [0.25, 0.3) is 53.2 Å². The molecule has 0 saturated heterocycles. The first-order valence-corrected chi connectivity index (χ1v) is 14.9. The van der Waals surface area contributed by atoms with Crippen molar-refractivity contribution in [2.75, 3.05) is 7.05 Å². The SMILES string of the molecule is CC1(C)c2ccccc2-c2cc([N+]3(C)c4cc5ccccc5cc4-c4cc5sc6ccccc6c5cc43)ccc21. The monoisotopic (exact) mass is 530 g/mol. The number of fused-ring (bicyclic) bond motifs is 10. The number of quaternary nitrogens is 1. The topological polar surface area (TPSA) is 0 Å². The molecule has 0 bridgehead atoms. The van der Waals surface area contributed by atoms with Gasteiger partial charge in [-0.1, -0.05) is 86.6 Å². The average Bonchev–Trinajstić information content (AvgIpc) is 3.55. The van der Waals surface area contributed by atoms with E-state index in [2.05, 4.69) is 136 Å². The summed E-state index contributed by atoms with van der Waals surface area (Å²) >= 11 is 1.90. The average molecular weight is 531 g/mol. The van der Waals surface area contributed by atoms with E-state index in [0.29, 0.717) is 4.48 Å². The van der Waals surface area contributed by atoms with Crippen molar-refractivity contribution in [2.45, 2.75) is 19.3 Å². The number of benzene rings is 6. The van der Waals surface area contributed by atoms with Crippen molar-refractivity contribution in [1.29, 1.82) is 0 Å². The Morgan fingerprint density at radius 3 is 2.08 bits per heavy atom. The summed E-state index contributed by atoms with van der Waals surface area (Å²) in [5.74, 6) is 0. The van der Waals surface area contributed by atoms with Crippen LogP contribution in [0.3, 0.4) is 0 Å². The van der Waals surface area contributed by atoms with E-state index in [1.807, 2.05) is 11.3 Å². The molecule has 1 atom stereocenters. The van der Waals surface area contributed by atoms with E-state index in [9.17, 15) is 0 Å². The van der Waals surface area contributed by atoms with Crippen LogP contribution in [0.5, 0.6) is 0 Å². The van der Waals surface area contributed by atoms with Gasteiger partial charge in [0, 0.05) is 49.9 Å². The number of nitrogens with zero attached hydrogens (tertiary/aromatic N) is 1. The molecule has 0 saturated carbocycles. The molecule has 0 amide bonds. The van der Waals surface area contributed by atoms with E-state index in [1.165, 1.54) is 81.4 Å². The Kier molecular flexibility index (Phi) is 4.22. The van der Waals surface area contributed by atoms with Gasteiger partial charge in [0.25, 0.3) is 0 Å². The lowest BCUT2D eigenvalue weighted by Crippen LogP contribution is -2.31. The predicted molar refractivity (Wildman–Crippen MR) is 173 cm³/mol. The van der Waals surface area contributed by atoms with Crippen LogP contribution in [0.2, 0.25) is 0 Å². The number of hydrogen-bond donors (Lipinski definition) is 0. The lowest BCUT2D eigenvalue weighted by molar-refractivity contribution is 0.639. The molecular weight excluding hydrogens is 502 g/mol. The Balaban J connectivity index is 1.38. The molecule has 9 rings (SSSR count). The Labute approximate surface area is 238 Å². The van der Waals surface area contributed by atoms with Crippen LogP contribution in [-0.2, 0) is 5.41 Å². The summed E-state index contributed by atoms with van der Waals surface area (Å²) in [6.45, 7) is 4.72. The molecule has 40 heavy (non-hydrogen) atoms. The molecule has 1 aromatic heterocycles. The third kappa shape index (κ3) is 2.70. The maximum Gasteiger partial charge on any atom is 0.151 e. The molecule has 190 valence electrons. The lowest BCUT2D eigenvalue weighted by atomic mass is 9.82. The number of rotatable bonds is 1. The molecule has 1 aliphatic heterocycles. The molecule has 2 aliphatic rings. The zero-order valence-electron chi connectivity index (χ0n) is 22.8. The van der Waals surface area contributed by atoms with Crippen LogP contribution in [0.1, 0.15) is 25.0 Å². The van der Waals surface area contributed by atoms with Gasteiger partial charge in [-0.3, -0.25) is 0 Å². The highest BCUT2D eigenvalue weighted by Crippen LogP contribution is 2.60. The summed E-state index contributed by atoms with van der Waals surface area (Å²) in [5, 5.41) is 5.29. The fraction of sp³-hybridized carbons (Fsp3) is 0.105. The van der Waals surface area contributed by atoms with Gasteiger partial charge in [-0.2, -0.15) is 0 Å². The molecule has 7 aromatic rings. The summed E-state index contributed by atoms with van der Waals surface area (Å²) in [5.41, 5.74) is 12.3. The molecule has 1 unspecified atom stereocenters. The van der Waals surface area contributed by atoms with Crippen molar-refractivity contribution in [3.63, 3.8) is 0 Å². The molecule has 2 heterocycles. The number of hydrogen-bond acceptors (Lipinski definition) is 1. The van der Waals surface area contributed by atoms with E-state index in [4.69, 9.17) is 0 Å². The maximum absolute atomic E-state index is 2.49. The first-order chi connectivity index (χ1) is 19.4. The lowest BCUT2D eigenvalue weighted by Gasteiger charge is -2.31. The van der Waals surface area contributed by atoms with Crippen LogP contribution in [0.15, 0.2) is 115 Å². The largest absolute Gasteiger partial charge is 0.228 e. The van der Waals surface area contributed by atoms with E-state index in [-0.39, 0.29) is 5.41 Å². The molecular formula is C38H28NS+. The zero-order valence-corrected chi connectivity index (χ0v) is 23.6. The number of thiophene rings is 1. The molecule has 0 radical (unpaired) electrons. The van der Waals surface area contributed by atoms with Crippen molar-refractivity contribution >= 4 is 59.3 Å². The quantitative estimate of drug-likeness (QED) is 0.185. The van der Waals surface area contributed by atoms with Crippen molar-refractivity contribution in [3.8, 4) is 22.3 Å². The van der Waals surface area contributed by atoms with E-state index in [1.54, 1.807) is 0 Å². The van der Waals surface area contributed by atoms with Crippen LogP contribution in [-0.4, -0.2) is 7.05 Å². The Hall–Kier alpha value is -4.24. The second-order valence-electron chi connectivity index (χ2n) is 12.1. The standard InChI is InChI=1S/C38H28NS/c1-38(2)32-14-8-6-12-26(32)28-20-25(16-17-33(28)38)39(3)34-19-24-11-5-4-10-23(24)18-29(34)30-22-37-31(21-35(30)39)27-13-7-9-15-36(27)40-37/h4-22H,1-3H3/q+1.